The Labute approximate surface area is 216 Å². The molecule has 3 aromatic rings. The Morgan fingerprint density at radius 1 is 1.16 bits per heavy atom. The molecule has 2 N–H and O–H groups in total. The minimum Gasteiger partial charge on any atom is -0.504 e. The van der Waals surface area contributed by atoms with E-state index < -0.39 is 29.5 Å². The molecule has 1 unspecified atom stereocenters. The van der Waals surface area contributed by atoms with Gasteiger partial charge >= 0.3 is 5.97 Å². The number of ether oxygens (including phenoxy) is 2. The lowest BCUT2D eigenvalue weighted by Crippen LogP contribution is -2.30. The van der Waals surface area contributed by atoms with E-state index in [1.54, 1.807) is 19.9 Å². The Morgan fingerprint density at radius 2 is 1.89 bits per heavy atom. The van der Waals surface area contributed by atoms with Crippen molar-refractivity contribution in [2.75, 3.05) is 18.6 Å². The fourth-order valence-corrected chi connectivity index (χ4v) is 4.92. The Hall–Kier alpha value is -4.44. The maximum atomic E-state index is 13.4. The molecule has 10 heteroatoms. The number of aryl methyl sites for hydroxylation is 1. The molecule has 0 radical (unpaired) electrons. The number of thiazole rings is 1. The predicted octanol–water partition coefficient (Wildman–Crippen LogP) is 4.52. The largest absolute Gasteiger partial charge is 0.504 e. The number of phenolic OH excluding ortho intramolecular Hbond substituents is 1. The molecule has 0 fully saturated rings. The minimum atomic E-state index is -1.10. The van der Waals surface area contributed by atoms with Gasteiger partial charge in [-0.1, -0.05) is 53.8 Å². The van der Waals surface area contributed by atoms with Crippen LogP contribution in [0, 0.1) is 6.92 Å². The second-order valence-electron chi connectivity index (χ2n) is 8.01. The molecule has 37 heavy (non-hydrogen) atoms. The molecule has 2 aromatic carbocycles. The van der Waals surface area contributed by atoms with Crippen LogP contribution in [0.1, 0.15) is 39.5 Å². The van der Waals surface area contributed by atoms with E-state index in [1.807, 2.05) is 30.3 Å². The third kappa shape index (κ3) is 4.96. The van der Waals surface area contributed by atoms with Crippen LogP contribution in [0.3, 0.4) is 0 Å². The second-order valence-corrected chi connectivity index (χ2v) is 8.99. The van der Waals surface area contributed by atoms with Crippen molar-refractivity contribution in [1.29, 1.82) is 0 Å². The molecule has 0 saturated heterocycles. The van der Waals surface area contributed by atoms with Gasteiger partial charge < -0.3 is 19.7 Å². The first-order valence-electron chi connectivity index (χ1n) is 11.3. The number of esters is 1. The van der Waals surface area contributed by atoms with Gasteiger partial charge in [0, 0.05) is 0 Å². The summed E-state index contributed by atoms with van der Waals surface area (Å²) in [4.78, 5) is 44.8. The van der Waals surface area contributed by atoms with E-state index in [-0.39, 0.29) is 33.7 Å². The number of hydrogen-bond acceptors (Lipinski definition) is 9. The average Bonchev–Trinajstić information content (AvgIpc) is 3.40. The number of methoxy groups -OCH3 is 1. The predicted molar refractivity (Wildman–Crippen MR) is 138 cm³/mol. The fourth-order valence-electron chi connectivity index (χ4n) is 3.93. The van der Waals surface area contributed by atoms with Crippen molar-refractivity contribution in [3.05, 3.63) is 87.6 Å². The summed E-state index contributed by atoms with van der Waals surface area (Å²) < 4.78 is 10.3. The number of benzene rings is 2. The van der Waals surface area contributed by atoms with Gasteiger partial charge in [0.2, 0.25) is 0 Å². The fraction of sp³-hybridized carbons (Fsp3) is 0.185. The number of phenols is 1. The number of allylic oxidation sites excluding steroid dienone is 1. The van der Waals surface area contributed by atoms with Crippen molar-refractivity contribution in [3.8, 4) is 11.5 Å². The van der Waals surface area contributed by atoms with Gasteiger partial charge in [0.05, 0.1) is 31.0 Å². The van der Waals surface area contributed by atoms with Crippen molar-refractivity contribution < 1.29 is 34.1 Å². The number of nitrogens with zero attached hydrogens (tertiary/aromatic N) is 2. The van der Waals surface area contributed by atoms with Crippen molar-refractivity contribution in [2.45, 2.75) is 19.9 Å². The minimum absolute atomic E-state index is 0.101. The van der Waals surface area contributed by atoms with Gasteiger partial charge in [0.15, 0.2) is 28.2 Å². The molecule has 1 amide bonds. The topological polar surface area (TPSA) is 126 Å². The maximum absolute atomic E-state index is 13.4. The third-order valence-electron chi connectivity index (χ3n) is 5.67. The summed E-state index contributed by atoms with van der Waals surface area (Å²) in [7, 11) is 1.37. The average molecular weight is 521 g/mol. The van der Waals surface area contributed by atoms with Gasteiger partial charge in [-0.25, -0.2) is 9.78 Å². The van der Waals surface area contributed by atoms with Gasteiger partial charge in [-0.15, -0.1) is 0 Å². The molecule has 1 atom stereocenters. The van der Waals surface area contributed by atoms with Crippen LogP contribution >= 0.6 is 11.3 Å². The van der Waals surface area contributed by atoms with Gasteiger partial charge in [-0.05, 0) is 43.2 Å². The molecule has 1 aliphatic heterocycles. The number of hydrogen-bond donors (Lipinski definition) is 2. The highest BCUT2D eigenvalue weighted by molar-refractivity contribution is 7.17. The summed E-state index contributed by atoms with van der Waals surface area (Å²) in [5.74, 6) is -2.78. The number of carbonyl (C=O) groups is 3. The summed E-state index contributed by atoms with van der Waals surface area (Å²) in [6.07, 6.45) is 2.86. The maximum Gasteiger partial charge on any atom is 0.350 e. The van der Waals surface area contributed by atoms with Gasteiger partial charge in [-0.3, -0.25) is 14.5 Å². The Balaban J connectivity index is 1.82. The van der Waals surface area contributed by atoms with E-state index in [2.05, 4.69) is 4.98 Å². The molecular weight excluding hydrogens is 496 g/mol. The molecule has 1 aromatic heterocycles. The Bertz CT molecular complexity index is 1430. The number of aromatic hydroxyl groups is 1. The molecular formula is C27H24N2O7S. The zero-order chi connectivity index (χ0) is 26.7. The molecule has 0 bridgehead atoms. The van der Waals surface area contributed by atoms with Crippen LogP contribution in [0.25, 0.3) is 6.08 Å². The first-order valence-corrected chi connectivity index (χ1v) is 12.1. The molecule has 9 nitrogen and oxygen atoms in total. The molecule has 4 rings (SSSR count). The standard InChI is InChI=1S/C27H24N2O7S/c1-4-36-26(34)24-15(2)28-27(37-24)29-22(17-11-13-18(30)20(14-17)35-3)21(23(32)25(29)33)19(31)12-10-16-8-6-5-7-9-16/h5-14,22,30,32H,4H2,1-3H3. The molecule has 2 heterocycles. The van der Waals surface area contributed by atoms with Gasteiger partial charge in [0.1, 0.15) is 4.88 Å². The van der Waals surface area contributed by atoms with Crippen molar-refractivity contribution in [2.24, 2.45) is 0 Å². The van der Waals surface area contributed by atoms with Crippen molar-refractivity contribution >= 4 is 40.2 Å². The van der Waals surface area contributed by atoms with E-state index in [0.29, 0.717) is 11.3 Å². The molecule has 190 valence electrons. The highest BCUT2D eigenvalue weighted by atomic mass is 32.1. The summed E-state index contributed by atoms with van der Waals surface area (Å²) in [5, 5.41) is 21.1. The second kappa shape index (κ2) is 10.7. The van der Waals surface area contributed by atoms with Crippen LogP contribution in [-0.2, 0) is 14.3 Å². The zero-order valence-electron chi connectivity index (χ0n) is 20.3. The normalized spacial score (nSPS) is 15.5. The number of anilines is 1. The molecule has 0 saturated carbocycles. The SMILES string of the molecule is CCOC(=O)c1sc(N2C(=O)C(O)=C(C(=O)C=Cc3ccccc3)C2c2ccc(O)c(OC)c2)nc1C. The van der Waals surface area contributed by atoms with Crippen LogP contribution in [0.15, 0.2) is 65.9 Å². The number of rotatable bonds is 8. The lowest BCUT2D eigenvalue weighted by atomic mass is 9.95. The van der Waals surface area contributed by atoms with Crippen LogP contribution < -0.4 is 9.64 Å². The van der Waals surface area contributed by atoms with Crippen LogP contribution in [0.2, 0.25) is 0 Å². The van der Waals surface area contributed by atoms with Crippen LogP contribution in [0.5, 0.6) is 11.5 Å². The molecule has 0 aliphatic carbocycles. The Kier molecular flexibility index (Phi) is 7.40. The summed E-state index contributed by atoms with van der Waals surface area (Å²) in [6.45, 7) is 3.45. The van der Waals surface area contributed by atoms with E-state index in [4.69, 9.17) is 9.47 Å². The number of aromatic nitrogens is 1. The van der Waals surface area contributed by atoms with E-state index in [9.17, 15) is 24.6 Å². The van der Waals surface area contributed by atoms with Gasteiger partial charge in [0.25, 0.3) is 5.91 Å². The number of ketones is 1. The molecule has 0 spiro atoms. The zero-order valence-corrected chi connectivity index (χ0v) is 21.1. The van der Waals surface area contributed by atoms with Gasteiger partial charge in [-0.2, -0.15) is 0 Å². The summed E-state index contributed by atoms with van der Waals surface area (Å²) >= 11 is 0.918. The molecule has 1 aliphatic rings. The highest BCUT2D eigenvalue weighted by Crippen LogP contribution is 2.44. The highest BCUT2D eigenvalue weighted by Gasteiger charge is 2.45. The first-order chi connectivity index (χ1) is 17.8. The Morgan fingerprint density at radius 3 is 2.57 bits per heavy atom. The van der Waals surface area contributed by atoms with Crippen molar-refractivity contribution in [3.63, 3.8) is 0 Å². The summed E-state index contributed by atoms with van der Waals surface area (Å²) in [6, 6.07) is 12.3. The smallest absolute Gasteiger partial charge is 0.350 e. The van der Waals surface area contributed by atoms with E-state index >= 15 is 0 Å². The van der Waals surface area contributed by atoms with Crippen molar-refractivity contribution in [1.82, 2.24) is 4.98 Å². The lowest BCUT2D eigenvalue weighted by Gasteiger charge is -2.24. The van der Waals surface area contributed by atoms with Crippen LogP contribution in [0.4, 0.5) is 5.13 Å². The number of amides is 1. The quantitative estimate of drug-likeness (QED) is 0.328. The third-order valence-corrected chi connectivity index (χ3v) is 6.81. The first kappa shape index (κ1) is 25.6. The van der Waals surface area contributed by atoms with Crippen LogP contribution in [-0.4, -0.2) is 46.6 Å². The summed E-state index contributed by atoms with van der Waals surface area (Å²) in [5.41, 5.74) is 1.32. The number of carbonyl (C=O) groups excluding carboxylic acids is 3. The number of aliphatic hydroxyl groups excluding tert-OH is 1. The van der Waals surface area contributed by atoms with E-state index in [0.717, 1.165) is 21.8 Å². The monoisotopic (exact) mass is 520 g/mol. The van der Waals surface area contributed by atoms with E-state index in [1.165, 1.54) is 31.4 Å². The number of aliphatic hydroxyl groups is 1. The lowest BCUT2D eigenvalue weighted by molar-refractivity contribution is -0.117.